The third kappa shape index (κ3) is 8.31. The van der Waals surface area contributed by atoms with Gasteiger partial charge in [0.2, 0.25) is 0 Å². The zero-order valence-corrected chi connectivity index (χ0v) is 59.4. The van der Waals surface area contributed by atoms with Crippen molar-refractivity contribution >= 4 is 152 Å². The molecule has 0 spiro atoms. The Morgan fingerprint density at radius 1 is 0.239 bits per heavy atom. The molecule has 0 fully saturated rings. The fourth-order valence-electron chi connectivity index (χ4n) is 19.2. The minimum Gasteiger partial charge on any atom is -0.309 e. The molecule has 0 unspecified atom stereocenters. The molecule has 16 aromatic carbocycles. The highest BCUT2D eigenvalue weighted by atomic mass is 15.0. The van der Waals surface area contributed by atoms with E-state index >= 15 is 0 Å². The Balaban J connectivity index is 0.000000128. The third-order valence-electron chi connectivity index (χ3n) is 23.9. The van der Waals surface area contributed by atoms with E-state index in [-0.39, 0.29) is 5.41 Å². The average Bonchev–Trinajstić information content (AvgIpc) is 1.54. The van der Waals surface area contributed by atoms with Crippen LogP contribution in [0.5, 0.6) is 0 Å². The zero-order valence-electron chi connectivity index (χ0n) is 59.4. The number of para-hydroxylation sites is 6. The molecule has 1 aliphatic carbocycles. The first-order chi connectivity index (χ1) is 53.9. The maximum atomic E-state index is 5.26. The van der Waals surface area contributed by atoms with Crippen LogP contribution in [0.25, 0.3) is 220 Å². The Labute approximate surface area is 624 Å². The lowest BCUT2D eigenvalue weighted by Crippen LogP contribution is -2.15. The van der Waals surface area contributed by atoms with E-state index in [2.05, 4.69) is 359 Å². The highest BCUT2D eigenvalue weighted by Gasteiger charge is 2.37. The summed E-state index contributed by atoms with van der Waals surface area (Å²) in [4.78, 5) is 20.7. The normalized spacial score (nSPS) is 12.9. The van der Waals surface area contributed by atoms with E-state index in [1.807, 2.05) is 12.1 Å². The molecule has 0 atom stereocenters. The lowest BCUT2D eigenvalue weighted by molar-refractivity contribution is 0.660. The molecule has 8 aromatic heterocycles. The van der Waals surface area contributed by atoms with Crippen LogP contribution in [0.1, 0.15) is 25.0 Å². The molecule has 0 bridgehead atoms. The number of nitrogens with zero attached hydrogens (tertiary/aromatic N) is 8. The van der Waals surface area contributed by atoms with Gasteiger partial charge in [-0.2, -0.15) is 0 Å². The SMILES string of the molecule is CC1(C)c2cc(-c3nc(-c4ccccc4)c4ccccc4n3)ccc2-c2ccc(-n3c4cccc5c6cccc7c8ccccc8n(c8cccc3c8c54)c67)cc21.c1ccc(-c2nc(-c3ccc(-n4c5cccc6c7cccc8c9ccccc9n(c9cccc4c9c65)c78)c4ccccc34)nc3ccccc23)cc1. The highest BCUT2D eigenvalue weighted by molar-refractivity contribution is 6.33. The van der Waals surface area contributed by atoms with E-state index in [0.717, 1.165) is 83.6 Å². The summed E-state index contributed by atoms with van der Waals surface area (Å²) in [7, 11) is 0. The van der Waals surface area contributed by atoms with Crippen molar-refractivity contribution in [2.24, 2.45) is 0 Å². The van der Waals surface area contributed by atoms with Gasteiger partial charge in [-0.05, 0) is 129 Å². The van der Waals surface area contributed by atoms with E-state index in [1.54, 1.807) is 0 Å². The number of aromatic nitrogens is 8. The molecule has 0 aliphatic heterocycles. The van der Waals surface area contributed by atoms with Gasteiger partial charge >= 0.3 is 0 Å². The van der Waals surface area contributed by atoms with Crippen LogP contribution in [0.3, 0.4) is 0 Å². The van der Waals surface area contributed by atoms with E-state index < -0.39 is 0 Å². The van der Waals surface area contributed by atoms with E-state index in [0.29, 0.717) is 0 Å². The summed E-state index contributed by atoms with van der Waals surface area (Å²) in [6.07, 6.45) is 0. The predicted molar refractivity (Wildman–Crippen MR) is 454 cm³/mol. The molecule has 8 heteroatoms. The highest BCUT2D eigenvalue weighted by Crippen LogP contribution is 2.53. The minimum absolute atomic E-state index is 0.245. The van der Waals surface area contributed by atoms with Gasteiger partial charge in [0.05, 0.1) is 83.3 Å². The van der Waals surface area contributed by atoms with Crippen molar-refractivity contribution in [3.05, 3.63) is 351 Å². The van der Waals surface area contributed by atoms with Crippen molar-refractivity contribution in [1.82, 2.24) is 37.9 Å². The Morgan fingerprint density at radius 3 is 1.20 bits per heavy atom. The van der Waals surface area contributed by atoms with Gasteiger partial charge in [0.15, 0.2) is 11.6 Å². The van der Waals surface area contributed by atoms with Crippen LogP contribution in [0.2, 0.25) is 0 Å². The Bertz CT molecular complexity index is 8010. The lowest BCUT2D eigenvalue weighted by atomic mass is 9.81. The molecule has 1 aliphatic rings. The van der Waals surface area contributed by atoms with Gasteiger partial charge in [-0.25, -0.2) is 19.9 Å². The first-order valence-electron chi connectivity index (χ1n) is 37.5. The van der Waals surface area contributed by atoms with Crippen molar-refractivity contribution in [3.63, 3.8) is 0 Å². The summed E-state index contributed by atoms with van der Waals surface area (Å²) >= 11 is 0. The Hall–Kier alpha value is -14.3. The van der Waals surface area contributed by atoms with Crippen molar-refractivity contribution in [2.45, 2.75) is 19.3 Å². The van der Waals surface area contributed by atoms with Gasteiger partial charge in [-0.15, -0.1) is 0 Å². The van der Waals surface area contributed by atoms with Gasteiger partial charge in [0.1, 0.15) is 0 Å². The molecular formula is C101H62N8. The summed E-state index contributed by atoms with van der Waals surface area (Å²) < 4.78 is 9.97. The summed E-state index contributed by atoms with van der Waals surface area (Å²) in [5, 5.41) is 19.8. The number of rotatable bonds is 6. The third-order valence-corrected chi connectivity index (χ3v) is 23.9. The molecule has 0 radical (unpaired) electrons. The van der Waals surface area contributed by atoms with E-state index in [9.17, 15) is 0 Å². The maximum absolute atomic E-state index is 5.26. The van der Waals surface area contributed by atoms with Gasteiger partial charge < -0.3 is 17.9 Å². The monoisotopic (exact) mass is 1390 g/mol. The number of benzene rings is 16. The fraction of sp³-hybridized carbons (Fsp3) is 0.0297. The quantitative estimate of drug-likeness (QED) is 0.166. The van der Waals surface area contributed by atoms with Crippen molar-refractivity contribution in [1.29, 1.82) is 0 Å². The van der Waals surface area contributed by atoms with Crippen molar-refractivity contribution in [3.8, 4) is 67.8 Å². The Morgan fingerprint density at radius 2 is 0.624 bits per heavy atom. The van der Waals surface area contributed by atoms with Gasteiger partial charge in [-0.1, -0.05) is 263 Å². The van der Waals surface area contributed by atoms with E-state index in [4.69, 9.17) is 19.9 Å². The van der Waals surface area contributed by atoms with Crippen molar-refractivity contribution < 1.29 is 0 Å². The van der Waals surface area contributed by atoms with Crippen LogP contribution < -0.4 is 0 Å². The van der Waals surface area contributed by atoms with Crippen LogP contribution in [0.4, 0.5) is 0 Å². The van der Waals surface area contributed by atoms with Gasteiger partial charge in [0.25, 0.3) is 0 Å². The molecule has 8 nitrogen and oxygen atoms in total. The molecule has 0 saturated carbocycles. The van der Waals surface area contributed by atoms with Gasteiger partial charge in [-0.3, -0.25) is 0 Å². The predicted octanol–water partition coefficient (Wildman–Crippen LogP) is 25.9. The van der Waals surface area contributed by atoms with Crippen LogP contribution in [0, 0.1) is 0 Å². The molecule has 0 saturated heterocycles. The fourth-order valence-corrected chi connectivity index (χ4v) is 19.2. The number of hydrogen-bond acceptors (Lipinski definition) is 4. The average molecular weight is 1390 g/mol. The van der Waals surface area contributed by atoms with Crippen LogP contribution in [-0.2, 0) is 5.41 Å². The summed E-state index contributed by atoms with van der Waals surface area (Å²) in [6, 6.07) is 123. The number of hydrogen-bond donors (Lipinski definition) is 0. The van der Waals surface area contributed by atoms with E-state index in [1.165, 1.54) is 148 Å². The molecule has 109 heavy (non-hydrogen) atoms. The first-order valence-corrected chi connectivity index (χ1v) is 37.5. The topological polar surface area (TPSA) is 70.2 Å². The van der Waals surface area contributed by atoms with Crippen molar-refractivity contribution in [2.75, 3.05) is 0 Å². The summed E-state index contributed by atoms with van der Waals surface area (Å²) in [6.45, 7) is 4.73. The summed E-state index contributed by atoms with van der Waals surface area (Å²) in [5.41, 5.74) is 27.5. The largest absolute Gasteiger partial charge is 0.309 e. The smallest absolute Gasteiger partial charge is 0.161 e. The minimum atomic E-state index is -0.245. The number of fused-ring (bicyclic) bond motifs is 16. The Kier molecular flexibility index (Phi) is 12.3. The van der Waals surface area contributed by atoms with Crippen LogP contribution in [-0.4, -0.2) is 37.9 Å². The molecule has 24 aromatic rings. The second kappa shape index (κ2) is 22.4. The molecule has 25 rings (SSSR count). The summed E-state index contributed by atoms with van der Waals surface area (Å²) in [5.74, 6) is 1.47. The first kappa shape index (κ1) is 60.0. The second-order valence-corrected chi connectivity index (χ2v) is 29.9. The molecule has 0 N–H and O–H groups in total. The van der Waals surface area contributed by atoms with Crippen LogP contribution >= 0.6 is 0 Å². The lowest BCUT2D eigenvalue weighted by Gasteiger charge is -2.23. The molecule has 506 valence electrons. The standard InChI is InChI=1S/C53H34N4.C48H28N4/c1-53(2)41-29-32(52-54-43-20-8-6-16-40(43)50(55-52)31-13-4-3-5-14-31)25-27-34(41)35-28-26-33(30-42(35)53)56-45-22-11-17-37-39-19-10-18-38-36-15-7-9-21-44(36)57(51(38)39)47-24-12-23-46(56)49(47)48(37)45;1-2-13-29(14-3-1)46-37-18-6-8-22-38(37)49-48(50-46)36-27-28-40(31-16-5-4-15-30(31)36)51-41-24-11-19-33-35-21-10-20-34-32-17-7-9-23-39(32)52(47(34)35)43-26-12-25-42(51)45(43)44(33)41/h3-30H,1-2H3;1-28H. The van der Waals surface area contributed by atoms with Gasteiger partial charge in [0, 0.05) is 103 Å². The van der Waals surface area contributed by atoms with Crippen LogP contribution in [0.15, 0.2) is 340 Å². The zero-order chi connectivity index (χ0) is 71.5. The molecule has 0 amide bonds. The maximum Gasteiger partial charge on any atom is 0.161 e. The second-order valence-electron chi connectivity index (χ2n) is 29.9. The molecule has 8 heterocycles. The molecular weight excluding hydrogens is 1330 g/mol.